The maximum atomic E-state index is 5.36. The second kappa shape index (κ2) is 8.18. The molecular weight excluding hydrogens is 369 g/mol. The monoisotopic (exact) mass is 391 g/mol. The van der Waals surface area contributed by atoms with Crippen molar-refractivity contribution in [2.75, 3.05) is 20.4 Å². The first-order valence-corrected chi connectivity index (χ1v) is 6.52. The lowest BCUT2D eigenvalue weighted by atomic mass is 10.2. The minimum absolute atomic E-state index is 0. The maximum absolute atomic E-state index is 5.36. The van der Waals surface area contributed by atoms with Gasteiger partial charge in [-0.15, -0.1) is 24.0 Å². The van der Waals surface area contributed by atoms with Gasteiger partial charge in [0.1, 0.15) is 0 Å². The minimum atomic E-state index is 0. The van der Waals surface area contributed by atoms with Gasteiger partial charge >= 0.3 is 0 Å². The lowest BCUT2D eigenvalue weighted by Gasteiger charge is -2.13. The third kappa shape index (κ3) is 4.73. The predicted molar refractivity (Wildman–Crippen MR) is 91.0 cm³/mol. The van der Waals surface area contributed by atoms with Crippen molar-refractivity contribution in [2.45, 2.75) is 20.4 Å². The van der Waals surface area contributed by atoms with Gasteiger partial charge in [0.2, 0.25) is 6.79 Å². The first-order chi connectivity index (χ1) is 9.19. The Morgan fingerprint density at radius 3 is 2.70 bits per heavy atom. The molecule has 20 heavy (non-hydrogen) atoms. The molecule has 1 heterocycles. The summed E-state index contributed by atoms with van der Waals surface area (Å²) in [5, 5.41) is 6.55. The van der Waals surface area contributed by atoms with Crippen LogP contribution in [-0.4, -0.2) is 26.3 Å². The smallest absolute Gasteiger partial charge is 0.231 e. The second-order valence-electron chi connectivity index (χ2n) is 4.89. The lowest BCUT2D eigenvalue weighted by Crippen LogP contribution is -2.38. The van der Waals surface area contributed by atoms with Crippen molar-refractivity contribution in [1.82, 2.24) is 10.6 Å². The summed E-state index contributed by atoms with van der Waals surface area (Å²) >= 11 is 0. The number of hydrogen-bond acceptors (Lipinski definition) is 3. The molecule has 0 radical (unpaired) electrons. The number of aliphatic imine (C=N–C) groups is 1. The molecule has 0 saturated heterocycles. The Morgan fingerprint density at radius 1 is 1.25 bits per heavy atom. The van der Waals surface area contributed by atoms with Crippen LogP contribution >= 0.6 is 24.0 Å². The third-order valence-corrected chi connectivity index (χ3v) is 2.80. The molecule has 1 aromatic carbocycles. The van der Waals surface area contributed by atoms with Gasteiger partial charge in [-0.1, -0.05) is 19.9 Å². The fourth-order valence-corrected chi connectivity index (χ4v) is 1.76. The number of nitrogens with zero attached hydrogens (tertiary/aromatic N) is 1. The minimum Gasteiger partial charge on any atom is -0.454 e. The molecule has 5 nitrogen and oxygen atoms in total. The molecule has 112 valence electrons. The molecule has 0 spiro atoms. The Bertz CT molecular complexity index is 464. The quantitative estimate of drug-likeness (QED) is 0.470. The highest BCUT2D eigenvalue weighted by Crippen LogP contribution is 2.32. The van der Waals surface area contributed by atoms with Crippen molar-refractivity contribution in [3.05, 3.63) is 23.8 Å². The highest BCUT2D eigenvalue weighted by molar-refractivity contribution is 14.0. The van der Waals surface area contributed by atoms with Crippen LogP contribution in [0.2, 0.25) is 0 Å². The van der Waals surface area contributed by atoms with E-state index in [0.717, 1.165) is 29.6 Å². The third-order valence-electron chi connectivity index (χ3n) is 2.80. The Balaban J connectivity index is 0.00000200. The summed E-state index contributed by atoms with van der Waals surface area (Å²) < 4.78 is 10.6. The number of rotatable bonds is 4. The lowest BCUT2D eigenvalue weighted by molar-refractivity contribution is 0.174. The highest BCUT2D eigenvalue weighted by atomic mass is 127. The summed E-state index contributed by atoms with van der Waals surface area (Å²) in [5.74, 6) is 3.02. The van der Waals surface area contributed by atoms with Crippen molar-refractivity contribution in [3.8, 4) is 11.5 Å². The first kappa shape index (κ1) is 16.9. The van der Waals surface area contributed by atoms with E-state index in [2.05, 4.69) is 29.5 Å². The van der Waals surface area contributed by atoms with Crippen LogP contribution in [-0.2, 0) is 6.54 Å². The zero-order chi connectivity index (χ0) is 13.7. The average molecular weight is 391 g/mol. The number of halogens is 1. The fourth-order valence-electron chi connectivity index (χ4n) is 1.76. The van der Waals surface area contributed by atoms with E-state index >= 15 is 0 Å². The van der Waals surface area contributed by atoms with E-state index in [0.29, 0.717) is 19.3 Å². The molecule has 0 aliphatic carbocycles. The van der Waals surface area contributed by atoms with E-state index in [9.17, 15) is 0 Å². The van der Waals surface area contributed by atoms with E-state index in [1.807, 2.05) is 18.2 Å². The molecule has 6 heteroatoms. The van der Waals surface area contributed by atoms with E-state index in [-0.39, 0.29) is 24.0 Å². The van der Waals surface area contributed by atoms with Crippen molar-refractivity contribution in [2.24, 2.45) is 10.9 Å². The molecular formula is C14H22IN3O2. The molecule has 0 unspecified atom stereocenters. The molecule has 1 aliphatic heterocycles. The van der Waals surface area contributed by atoms with Crippen LogP contribution in [0.4, 0.5) is 0 Å². The van der Waals surface area contributed by atoms with Crippen LogP contribution in [0.1, 0.15) is 19.4 Å². The molecule has 0 amide bonds. The predicted octanol–water partition coefficient (Wildman–Crippen LogP) is 2.35. The molecule has 2 N–H and O–H groups in total. The largest absolute Gasteiger partial charge is 0.454 e. The SMILES string of the molecule is CN=C(NCc1ccc2c(c1)OCO2)NCC(C)C.I. The number of hydrogen-bond donors (Lipinski definition) is 2. The topological polar surface area (TPSA) is 54.9 Å². The molecule has 0 fully saturated rings. The summed E-state index contributed by atoms with van der Waals surface area (Å²) in [7, 11) is 1.77. The van der Waals surface area contributed by atoms with Gasteiger partial charge in [0.05, 0.1) is 0 Å². The van der Waals surface area contributed by atoms with Gasteiger partial charge in [-0.2, -0.15) is 0 Å². The van der Waals surface area contributed by atoms with Gasteiger partial charge < -0.3 is 20.1 Å². The Morgan fingerprint density at radius 2 is 2.00 bits per heavy atom. The Kier molecular flexibility index (Phi) is 6.90. The molecule has 1 aliphatic rings. The van der Waals surface area contributed by atoms with Crippen molar-refractivity contribution in [1.29, 1.82) is 0 Å². The van der Waals surface area contributed by atoms with Gasteiger partial charge in [0.15, 0.2) is 17.5 Å². The van der Waals surface area contributed by atoms with Crippen molar-refractivity contribution < 1.29 is 9.47 Å². The number of ether oxygens (including phenoxy) is 2. The Hall–Kier alpha value is -1.18. The summed E-state index contributed by atoms with van der Waals surface area (Å²) in [6.07, 6.45) is 0. The van der Waals surface area contributed by atoms with Crippen LogP contribution < -0.4 is 20.1 Å². The van der Waals surface area contributed by atoms with Gasteiger partial charge in [-0.25, -0.2) is 0 Å². The van der Waals surface area contributed by atoms with Crippen LogP contribution in [0.3, 0.4) is 0 Å². The fraction of sp³-hybridized carbons (Fsp3) is 0.500. The van der Waals surface area contributed by atoms with E-state index < -0.39 is 0 Å². The summed E-state index contributed by atoms with van der Waals surface area (Å²) in [4.78, 5) is 4.19. The summed E-state index contributed by atoms with van der Waals surface area (Å²) in [5.41, 5.74) is 1.14. The van der Waals surface area contributed by atoms with Crippen molar-refractivity contribution >= 4 is 29.9 Å². The number of nitrogens with one attached hydrogen (secondary N) is 2. The molecule has 1 aromatic rings. The average Bonchev–Trinajstić information content (AvgIpc) is 2.86. The highest BCUT2D eigenvalue weighted by Gasteiger charge is 2.13. The van der Waals surface area contributed by atoms with Crippen LogP contribution in [0, 0.1) is 5.92 Å². The summed E-state index contributed by atoms with van der Waals surface area (Å²) in [6.45, 7) is 6.25. The van der Waals surface area contributed by atoms with Gasteiger partial charge in [0, 0.05) is 20.1 Å². The molecule has 0 atom stereocenters. The molecule has 2 rings (SSSR count). The van der Waals surface area contributed by atoms with Crippen molar-refractivity contribution in [3.63, 3.8) is 0 Å². The number of guanidine groups is 1. The van der Waals surface area contributed by atoms with Crippen LogP contribution in [0.5, 0.6) is 11.5 Å². The molecule has 0 aromatic heterocycles. The molecule has 0 saturated carbocycles. The second-order valence-corrected chi connectivity index (χ2v) is 4.89. The van der Waals surface area contributed by atoms with Gasteiger partial charge in [-0.3, -0.25) is 4.99 Å². The van der Waals surface area contributed by atoms with E-state index in [4.69, 9.17) is 9.47 Å². The van der Waals surface area contributed by atoms with E-state index in [1.165, 1.54) is 0 Å². The standard InChI is InChI=1S/C14H21N3O2.HI/c1-10(2)7-16-14(15-3)17-8-11-4-5-12-13(6-11)19-9-18-12;/h4-6,10H,7-9H2,1-3H3,(H2,15,16,17);1H. The number of benzene rings is 1. The summed E-state index contributed by atoms with van der Waals surface area (Å²) in [6, 6.07) is 5.95. The van der Waals surface area contributed by atoms with Gasteiger partial charge in [0.25, 0.3) is 0 Å². The van der Waals surface area contributed by atoms with E-state index in [1.54, 1.807) is 7.05 Å². The van der Waals surface area contributed by atoms with Crippen LogP contribution in [0.25, 0.3) is 0 Å². The van der Waals surface area contributed by atoms with Gasteiger partial charge in [-0.05, 0) is 23.6 Å². The first-order valence-electron chi connectivity index (χ1n) is 6.52. The zero-order valence-electron chi connectivity index (χ0n) is 12.1. The normalized spacial score (nSPS) is 13.1. The Labute approximate surface area is 137 Å². The maximum Gasteiger partial charge on any atom is 0.231 e. The van der Waals surface area contributed by atoms with Crippen LogP contribution in [0.15, 0.2) is 23.2 Å². The molecule has 0 bridgehead atoms. The zero-order valence-corrected chi connectivity index (χ0v) is 14.4. The number of fused-ring (bicyclic) bond motifs is 1.